The van der Waals surface area contributed by atoms with Crippen LogP contribution >= 0.6 is 0 Å². The van der Waals surface area contributed by atoms with Crippen LogP contribution in [0.5, 0.6) is 0 Å². The quantitative estimate of drug-likeness (QED) is 0.164. The number of nitrogens with zero attached hydrogens (tertiary/aromatic N) is 2. The first-order chi connectivity index (χ1) is 8.44. The SMILES string of the molecule is CN(C)C(=O)NCCNC(=O)C1(C(N)=NO)CC1. The van der Waals surface area contributed by atoms with Crippen LogP contribution in [0.2, 0.25) is 0 Å². The molecule has 0 unspecified atom stereocenters. The molecule has 5 N–H and O–H groups in total. The minimum atomic E-state index is -0.847. The van der Waals surface area contributed by atoms with Crippen molar-refractivity contribution < 1.29 is 14.8 Å². The Morgan fingerprint density at radius 3 is 2.33 bits per heavy atom. The van der Waals surface area contributed by atoms with Gasteiger partial charge in [0.25, 0.3) is 0 Å². The predicted molar refractivity (Wildman–Crippen MR) is 65.2 cm³/mol. The van der Waals surface area contributed by atoms with Crippen LogP contribution in [-0.2, 0) is 4.79 Å². The molecule has 0 aliphatic heterocycles. The highest BCUT2D eigenvalue weighted by atomic mass is 16.4. The molecule has 8 heteroatoms. The van der Waals surface area contributed by atoms with Crippen LogP contribution in [0.15, 0.2) is 5.16 Å². The zero-order valence-corrected chi connectivity index (χ0v) is 10.6. The largest absolute Gasteiger partial charge is 0.409 e. The van der Waals surface area contributed by atoms with Crippen LogP contribution in [0.4, 0.5) is 4.79 Å². The molecule has 102 valence electrons. The van der Waals surface area contributed by atoms with E-state index in [2.05, 4.69) is 15.8 Å². The third-order valence-corrected chi connectivity index (χ3v) is 2.88. The van der Waals surface area contributed by atoms with Crippen molar-refractivity contribution in [3.8, 4) is 0 Å². The lowest BCUT2D eigenvalue weighted by Crippen LogP contribution is -2.44. The van der Waals surface area contributed by atoms with Crippen LogP contribution in [-0.4, -0.2) is 55.1 Å². The predicted octanol–water partition coefficient (Wildman–Crippen LogP) is -1.10. The number of nitrogens with one attached hydrogen (secondary N) is 2. The second kappa shape index (κ2) is 5.56. The summed E-state index contributed by atoms with van der Waals surface area (Å²) in [5.74, 6) is -0.325. The van der Waals surface area contributed by atoms with Crippen molar-refractivity contribution in [2.24, 2.45) is 16.3 Å². The summed E-state index contributed by atoms with van der Waals surface area (Å²) in [6.45, 7) is 0.633. The monoisotopic (exact) mass is 257 g/mol. The molecule has 8 nitrogen and oxygen atoms in total. The van der Waals surface area contributed by atoms with Gasteiger partial charge < -0.3 is 26.5 Å². The van der Waals surface area contributed by atoms with E-state index in [4.69, 9.17) is 10.9 Å². The van der Waals surface area contributed by atoms with Gasteiger partial charge in [-0.2, -0.15) is 0 Å². The zero-order valence-electron chi connectivity index (χ0n) is 10.6. The van der Waals surface area contributed by atoms with E-state index < -0.39 is 5.41 Å². The number of rotatable bonds is 5. The number of nitrogens with two attached hydrogens (primary N) is 1. The molecule has 0 atom stereocenters. The second-order valence-electron chi connectivity index (χ2n) is 4.45. The van der Waals surface area contributed by atoms with Crippen molar-refractivity contribution in [3.63, 3.8) is 0 Å². The van der Waals surface area contributed by atoms with Gasteiger partial charge in [-0.1, -0.05) is 5.16 Å². The number of carbonyl (C=O) groups excluding carboxylic acids is 2. The van der Waals surface area contributed by atoms with Gasteiger partial charge in [0.2, 0.25) is 5.91 Å². The highest BCUT2D eigenvalue weighted by Crippen LogP contribution is 2.45. The fourth-order valence-electron chi connectivity index (χ4n) is 1.49. The van der Waals surface area contributed by atoms with Gasteiger partial charge in [0.15, 0.2) is 5.84 Å². The zero-order chi connectivity index (χ0) is 13.8. The Bertz CT molecular complexity index is 363. The number of amidine groups is 1. The summed E-state index contributed by atoms with van der Waals surface area (Å²) in [5.41, 5.74) is 4.62. The molecule has 0 radical (unpaired) electrons. The molecule has 1 aliphatic rings. The Hall–Kier alpha value is -1.99. The van der Waals surface area contributed by atoms with E-state index in [1.165, 1.54) is 4.90 Å². The maximum Gasteiger partial charge on any atom is 0.316 e. The first-order valence-corrected chi connectivity index (χ1v) is 5.65. The first kappa shape index (κ1) is 14.1. The van der Waals surface area contributed by atoms with E-state index in [9.17, 15) is 9.59 Å². The summed E-state index contributed by atoms with van der Waals surface area (Å²) in [5, 5.41) is 16.7. The van der Waals surface area contributed by atoms with E-state index in [0.717, 1.165) is 0 Å². The number of hydrogen-bond acceptors (Lipinski definition) is 4. The standard InChI is InChI=1S/C10H19N5O3/c1-15(2)9(17)13-6-5-12-8(16)10(3-4-10)7(11)14-18/h18H,3-6H2,1-2H3,(H2,11,14)(H,12,16)(H,13,17). The number of hydrogen-bond donors (Lipinski definition) is 4. The van der Waals surface area contributed by atoms with Crippen molar-refractivity contribution in [2.45, 2.75) is 12.8 Å². The van der Waals surface area contributed by atoms with Gasteiger partial charge in [-0.25, -0.2) is 4.79 Å². The van der Waals surface area contributed by atoms with Gasteiger partial charge in [0.1, 0.15) is 5.41 Å². The summed E-state index contributed by atoms with van der Waals surface area (Å²) in [6.07, 6.45) is 1.16. The molecule has 1 saturated carbocycles. The normalized spacial score (nSPS) is 16.9. The summed E-state index contributed by atoms with van der Waals surface area (Å²) in [6, 6.07) is -0.221. The van der Waals surface area contributed by atoms with Crippen molar-refractivity contribution in [3.05, 3.63) is 0 Å². The molecule has 3 amide bonds. The molecule has 0 saturated heterocycles. The topological polar surface area (TPSA) is 120 Å². The minimum absolute atomic E-state index is 0.0580. The smallest absolute Gasteiger partial charge is 0.316 e. The average molecular weight is 257 g/mol. The summed E-state index contributed by atoms with van der Waals surface area (Å²) >= 11 is 0. The summed E-state index contributed by atoms with van der Waals surface area (Å²) in [7, 11) is 3.26. The molecule has 1 rings (SSSR count). The van der Waals surface area contributed by atoms with Gasteiger partial charge in [-0.05, 0) is 12.8 Å². The molecular weight excluding hydrogens is 238 g/mol. The van der Waals surface area contributed by atoms with Crippen molar-refractivity contribution in [1.82, 2.24) is 15.5 Å². The van der Waals surface area contributed by atoms with Crippen molar-refractivity contribution in [2.75, 3.05) is 27.2 Å². The van der Waals surface area contributed by atoms with Crippen molar-refractivity contribution in [1.29, 1.82) is 0 Å². The fourth-order valence-corrected chi connectivity index (χ4v) is 1.49. The molecule has 0 aromatic heterocycles. The highest BCUT2D eigenvalue weighted by molar-refractivity contribution is 6.09. The number of urea groups is 1. The van der Waals surface area contributed by atoms with Gasteiger partial charge in [0, 0.05) is 27.2 Å². The van der Waals surface area contributed by atoms with Gasteiger partial charge in [-0.3, -0.25) is 4.79 Å². The Labute approximate surface area is 105 Å². The number of carbonyl (C=O) groups is 2. The van der Waals surface area contributed by atoms with Crippen LogP contribution in [0.1, 0.15) is 12.8 Å². The Balaban J connectivity index is 2.29. The molecule has 1 fully saturated rings. The van der Waals surface area contributed by atoms with E-state index in [0.29, 0.717) is 25.9 Å². The first-order valence-electron chi connectivity index (χ1n) is 5.65. The van der Waals surface area contributed by atoms with Crippen LogP contribution < -0.4 is 16.4 Å². The molecule has 18 heavy (non-hydrogen) atoms. The molecule has 1 aliphatic carbocycles. The molecule has 0 aromatic carbocycles. The lowest BCUT2D eigenvalue weighted by Gasteiger charge is -2.15. The Morgan fingerprint density at radius 2 is 1.89 bits per heavy atom. The second-order valence-corrected chi connectivity index (χ2v) is 4.45. The molecule has 0 aromatic rings. The highest BCUT2D eigenvalue weighted by Gasteiger charge is 2.54. The lowest BCUT2D eigenvalue weighted by molar-refractivity contribution is -0.124. The molecule has 0 spiro atoms. The van der Waals surface area contributed by atoms with Crippen LogP contribution in [0.3, 0.4) is 0 Å². The minimum Gasteiger partial charge on any atom is -0.409 e. The van der Waals surface area contributed by atoms with Crippen LogP contribution in [0.25, 0.3) is 0 Å². The molecule has 0 bridgehead atoms. The third kappa shape index (κ3) is 3.02. The number of amides is 3. The van der Waals surface area contributed by atoms with Gasteiger partial charge in [-0.15, -0.1) is 0 Å². The fraction of sp³-hybridized carbons (Fsp3) is 0.700. The van der Waals surface area contributed by atoms with E-state index in [-0.39, 0.29) is 17.8 Å². The van der Waals surface area contributed by atoms with Crippen molar-refractivity contribution >= 4 is 17.8 Å². The van der Waals surface area contributed by atoms with E-state index in [1.54, 1.807) is 14.1 Å². The van der Waals surface area contributed by atoms with E-state index in [1.807, 2.05) is 0 Å². The van der Waals surface area contributed by atoms with E-state index >= 15 is 0 Å². The maximum atomic E-state index is 11.8. The molecule has 0 heterocycles. The van der Waals surface area contributed by atoms with Gasteiger partial charge in [0.05, 0.1) is 0 Å². The van der Waals surface area contributed by atoms with Gasteiger partial charge >= 0.3 is 6.03 Å². The third-order valence-electron chi connectivity index (χ3n) is 2.88. The number of oxime groups is 1. The summed E-state index contributed by atoms with van der Waals surface area (Å²) in [4.78, 5) is 24.4. The Kier molecular flexibility index (Phi) is 4.35. The molecular formula is C10H19N5O3. The average Bonchev–Trinajstić information content (AvgIpc) is 3.14. The van der Waals surface area contributed by atoms with Crippen LogP contribution in [0, 0.1) is 5.41 Å². The lowest BCUT2D eigenvalue weighted by atomic mass is 10.1. The summed E-state index contributed by atoms with van der Waals surface area (Å²) < 4.78 is 0. The maximum absolute atomic E-state index is 11.8. The Morgan fingerprint density at radius 1 is 1.33 bits per heavy atom.